The van der Waals surface area contributed by atoms with E-state index in [9.17, 15) is 0 Å². The minimum Gasteiger partial charge on any atom is -0.370 e. The molecule has 2 aromatic carbocycles. The number of nitrogens with two attached hydrogens (primary N) is 2. The monoisotopic (exact) mass is 434 g/mol. The van der Waals surface area contributed by atoms with E-state index in [1.54, 1.807) is 0 Å². The number of guanidine groups is 1. The third-order valence-electron chi connectivity index (χ3n) is 5.48. The van der Waals surface area contributed by atoms with Gasteiger partial charge in [-0.05, 0) is 68.5 Å². The Labute approximate surface area is 187 Å². The zero-order valence-electron chi connectivity index (χ0n) is 17.6. The van der Waals surface area contributed by atoms with Gasteiger partial charge >= 0.3 is 0 Å². The van der Waals surface area contributed by atoms with Gasteiger partial charge in [0.1, 0.15) is 5.82 Å². The minimum atomic E-state index is 0.148. The lowest BCUT2D eigenvalue weighted by molar-refractivity contribution is 0.410. The van der Waals surface area contributed by atoms with Crippen molar-refractivity contribution in [2.45, 2.75) is 44.7 Å². The number of hydrogen-bond acceptors (Lipinski definition) is 4. The fraction of sp³-hybridized carbons (Fsp3) is 0.292. The second-order valence-electron chi connectivity index (χ2n) is 8.05. The fourth-order valence-corrected chi connectivity index (χ4v) is 4.13. The molecule has 5 N–H and O–H groups in total. The Morgan fingerprint density at radius 2 is 1.90 bits per heavy atom. The van der Waals surface area contributed by atoms with Crippen molar-refractivity contribution in [1.82, 2.24) is 9.97 Å². The molecule has 0 bridgehead atoms. The van der Waals surface area contributed by atoms with Crippen LogP contribution in [0.3, 0.4) is 0 Å². The quantitative estimate of drug-likeness (QED) is 0.397. The molecule has 160 valence electrons. The van der Waals surface area contributed by atoms with Gasteiger partial charge in [-0.2, -0.15) is 0 Å². The average Bonchev–Trinajstić information content (AvgIpc) is 2.73. The molecule has 1 aliphatic carbocycles. The molecule has 31 heavy (non-hydrogen) atoms. The van der Waals surface area contributed by atoms with Crippen LogP contribution in [0.25, 0.3) is 23.1 Å². The molecule has 7 heteroatoms. The van der Waals surface area contributed by atoms with Crippen LogP contribution in [0.5, 0.6) is 0 Å². The summed E-state index contributed by atoms with van der Waals surface area (Å²) in [6.07, 6.45) is 7.94. The topological polar surface area (TPSA) is 102 Å². The number of rotatable bonds is 5. The van der Waals surface area contributed by atoms with Crippen LogP contribution in [0.1, 0.15) is 42.6 Å². The summed E-state index contributed by atoms with van der Waals surface area (Å²) >= 11 is 5.98. The average molecular weight is 435 g/mol. The molecule has 0 spiro atoms. The van der Waals surface area contributed by atoms with Crippen molar-refractivity contribution in [3.8, 4) is 0 Å². The summed E-state index contributed by atoms with van der Waals surface area (Å²) in [5, 5.41) is 5.38. The molecule has 2 unspecified atom stereocenters. The van der Waals surface area contributed by atoms with Gasteiger partial charge in [0.15, 0.2) is 11.8 Å². The smallest absolute Gasteiger partial charge is 0.186 e. The van der Waals surface area contributed by atoms with Gasteiger partial charge in [0.2, 0.25) is 0 Å². The van der Waals surface area contributed by atoms with E-state index in [1.165, 1.54) is 5.56 Å². The van der Waals surface area contributed by atoms with Crippen molar-refractivity contribution in [2.75, 3.05) is 5.32 Å². The van der Waals surface area contributed by atoms with E-state index in [1.807, 2.05) is 42.5 Å². The highest BCUT2D eigenvalue weighted by atomic mass is 35.5. The van der Waals surface area contributed by atoms with E-state index >= 15 is 0 Å². The van der Waals surface area contributed by atoms with E-state index in [0.717, 1.165) is 48.0 Å². The van der Waals surface area contributed by atoms with Crippen LogP contribution in [0.2, 0.25) is 5.02 Å². The second kappa shape index (κ2) is 9.35. The van der Waals surface area contributed by atoms with Crippen LogP contribution >= 0.6 is 11.6 Å². The van der Waals surface area contributed by atoms with Gasteiger partial charge in [-0.15, -0.1) is 0 Å². The number of halogens is 1. The highest BCUT2D eigenvalue weighted by Crippen LogP contribution is 2.28. The zero-order valence-corrected chi connectivity index (χ0v) is 18.3. The molecule has 1 aliphatic rings. The van der Waals surface area contributed by atoms with Gasteiger partial charge in [0.25, 0.3) is 0 Å². The van der Waals surface area contributed by atoms with Gasteiger partial charge in [-0.3, -0.25) is 4.99 Å². The van der Waals surface area contributed by atoms with Gasteiger partial charge in [-0.1, -0.05) is 41.4 Å². The molecular weight excluding hydrogens is 408 g/mol. The van der Waals surface area contributed by atoms with Gasteiger partial charge in [0.05, 0.1) is 11.6 Å². The Bertz CT molecular complexity index is 1120. The maximum absolute atomic E-state index is 5.98. The summed E-state index contributed by atoms with van der Waals surface area (Å²) in [5.41, 5.74) is 14.3. The second-order valence-corrected chi connectivity index (χ2v) is 8.49. The van der Waals surface area contributed by atoms with Crippen molar-refractivity contribution in [3.63, 3.8) is 0 Å². The number of aryl methyl sites for hydroxylation is 1. The van der Waals surface area contributed by atoms with E-state index in [4.69, 9.17) is 33.0 Å². The largest absolute Gasteiger partial charge is 0.370 e. The summed E-state index contributed by atoms with van der Waals surface area (Å²) in [6.45, 7) is 2.08. The molecule has 0 radical (unpaired) electrons. The van der Waals surface area contributed by atoms with Crippen LogP contribution in [0.4, 0.5) is 5.82 Å². The molecule has 4 rings (SSSR count). The van der Waals surface area contributed by atoms with E-state index in [-0.39, 0.29) is 18.0 Å². The Hall–Kier alpha value is -3.12. The normalized spacial score (nSPS) is 18.9. The molecule has 6 nitrogen and oxygen atoms in total. The minimum absolute atomic E-state index is 0.148. The molecule has 3 aromatic rings. The predicted octanol–water partition coefficient (Wildman–Crippen LogP) is 4.76. The van der Waals surface area contributed by atoms with Crippen LogP contribution in [-0.4, -0.2) is 28.0 Å². The number of nitrogens with zero attached hydrogens (tertiary/aromatic N) is 3. The number of aromatic nitrogens is 2. The molecule has 0 amide bonds. The Morgan fingerprint density at radius 1 is 1.10 bits per heavy atom. The van der Waals surface area contributed by atoms with Gasteiger partial charge in [0, 0.05) is 16.5 Å². The Kier molecular flexibility index (Phi) is 6.37. The number of anilines is 1. The number of fused-ring (bicyclic) bond motifs is 1. The van der Waals surface area contributed by atoms with Crippen LogP contribution in [0.15, 0.2) is 47.5 Å². The van der Waals surface area contributed by atoms with Crippen molar-refractivity contribution in [3.05, 3.63) is 64.4 Å². The first kappa shape index (κ1) is 21.1. The highest BCUT2D eigenvalue weighted by Gasteiger charge is 2.22. The lowest BCUT2D eigenvalue weighted by Gasteiger charge is -2.28. The summed E-state index contributed by atoms with van der Waals surface area (Å²) in [7, 11) is 0. The SMILES string of the molecule is Cc1ccc2nc(C=Cc3ccc(Cl)cc3)nc(NC3CCCC(N=C(N)N)C3)c2c1. The lowest BCUT2D eigenvalue weighted by Crippen LogP contribution is -2.32. The molecule has 0 aliphatic heterocycles. The first-order chi connectivity index (χ1) is 15.0. The van der Waals surface area contributed by atoms with Crippen LogP contribution < -0.4 is 16.8 Å². The number of aliphatic imine (C=N–C) groups is 1. The zero-order chi connectivity index (χ0) is 21.8. The van der Waals surface area contributed by atoms with E-state index in [0.29, 0.717) is 10.8 Å². The van der Waals surface area contributed by atoms with Crippen molar-refractivity contribution < 1.29 is 0 Å². The fourth-order valence-electron chi connectivity index (χ4n) is 4.01. The summed E-state index contributed by atoms with van der Waals surface area (Å²) in [4.78, 5) is 13.9. The third kappa shape index (κ3) is 5.52. The van der Waals surface area contributed by atoms with Crippen LogP contribution in [0, 0.1) is 6.92 Å². The highest BCUT2D eigenvalue weighted by molar-refractivity contribution is 6.30. The summed E-state index contributed by atoms with van der Waals surface area (Å²) in [5.74, 6) is 1.66. The molecule has 1 aromatic heterocycles. The van der Waals surface area contributed by atoms with Gasteiger partial charge in [-0.25, -0.2) is 9.97 Å². The molecule has 1 saturated carbocycles. The lowest BCUT2D eigenvalue weighted by atomic mass is 9.91. The maximum atomic E-state index is 5.98. The van der Waals surface area contributed by atoms with E-state index in [2.05, 4.69) is 29.4 Å². The van der Waals surface area contributed by atoms with Crippen molar-refractivity contribution in [2.24, 2.45) is 16.5 Å². The number of nitrogens with one attached hydrogen (secondary N) is 1. The van der Waals surface area contributed by atoms with Crippen LogP contribution in [-0.2, 0) is 0 Å². The van der Waals surface area contributed by atoms with E-state index < -0.39 is 0 Å². The first-order valence-corrected chi connectivity index (χ1v) is 10.9. The molecular formula is C24H27ClN6. The predicted molar refractivity (Wildman–Crippen MR) is 130 cm³/mol. The molecule has 1 fully saturated rings. The molecule has 0 saturated heterocycles. The summed E-state index contributed by atoms with van der Waals surface area (Å²) in [6, 6.07) is 14.3. The standard InChI is InChI=1S/C24H27ClN6/c1-15-5-11-21-20(13-15)23(28-18-3-2-4-19(14-18)29-24(26)27)31-22(30-21)12-8-16-6-9-17(25)10-7-16/h5-13,18-19H,2-4,14H2,1H3,(H4,26,27,29)(H,28,30,31). The van der Waals surface area contributed by atoms with Crippen molar-refractivity contribution in [1.29, 1.82) is 0 Å². The summed E-state index contributed by atoms with van der Waals surface area (Å²) < 4.78 is 0. The number of hydrogen-bond donors (Lipinski definition) is 3. The molecule has 2 atom stereocenters. The molecule has 1 heterocycles. The number of benzene rings is 2. The maximum Gasteiger partial charge on any atom is 0.186 e. The first-order valence-electron chi connectivity index (χ1n) is 10.5. The Morgan fingerprint density at radius 3 is 2.68 bits per heavy atom. The van der Waals surface area contributed by atoms with Crippen molar-refractivity contribution >= 4 is 46.4 Å². The Balaban J connectivity index is 1.63. The third-order valence-corrected chi connectivity index (χ3v) is 5.73. The van der Waals surface area contributed by atoms with Gasteiger partial charge < -0.3 is 16.8 Å².